The first kappa shape index (κ1) is 39.4. The molecular weight excluding hydrogens is 647 g/mol. The van der Waals surface area contributed by atoms with Gasteiger partial charge in [-0.3, -0.25) is 0 Å². The predicted octanol–water partition coefficient (Wildman–Crippen LogP) is 10.7. The molecule has 3 aromatic rings. The minimum Gasteiger partial charge on any atom is -0.491 e. The van der Waals surface area contributed by atoms with Crippen LogP contribution in [0, 0.1) is 11.6 Å². The fourth-order valence-corrected chi connectivity index (χ4v) is 5.14. The first-order valence-electron chi connectivity index (χ1n) is 16.8. The van der Waals surface area contributed by atoms with Gasteiger partial charge in [-0.05, 0) is 73.2 Å². The zero-order valence-corrected chi connectivity index (χ0v) is 28.1. The SMILES string of the molecule is CCCCCCCCCCCOc1ccc(-c2ccc(C(=O)Oc3ccc(C(=O)O[C@H](CCCCOC)C(F)(F)F)c(F)c3)cc2)cc1F. The largest absolute Gasteiger partial charge is 0.491 e. The van der Waals surface area contributed by atoms with Gasteiger partial charge in [-0.25, -0.2) is 18.4 Å². The summed E-state index contributed by atoms with van der Waals surface area (Å²) in [7, 11) is 1.42. The molecule has 268 valence electrons. The molecule has 0 aliphatic carbocycles. The van der Waals surface area contributed by atoms with Gasteiger partial charge in [0.15, 0.2) is 17.7 Å². The van der Waals surface area contributed by atoms with Crippen LogP contribution in [-0.2, 0) is 9.47 Å². The van der Waals surface area contributed by atoms with Crippen molar-refractivity contribution in [3.8, 4) is 22.6 Å². The average molecular weight is 693 g/mol. The van der Waals surface area contributed by atoms with E-state index in [0.717, 1.165) is 31.4 Å². The Morgan fingerprint density at radius 3 is 1.94 bits per heavy atom. The number of carbonyl (C=O) groups is 2. The van der Waals surface area contributed by atoms with E-state index in [0.29, 0.717) is 30.2 Å². The molecular formula is C38H45F5O6. The van der Waals surface area contributed by atoms with E-state index in [-0.39, 0.29) is 30.1 Å². The van der Waals surface area contributed by atoms with E-state index in [4.69, 9.17) is 14.2 Å². The first-order chi connectivity index (χ1) is 23.5. The van der Waals surface area contributed by atoms with Crippen LogP contribution in [0.4, 0.5) is 22.0 Å². The van der Waals surface area contributed by atoms with Crippen molar-refractivity contribution in [2.75, 3.05) is 20.3 Å². The molecule has 0 heterocycles. The quantitative estimate of drug-likeness (QED) is 0.0479. The minimum atomic E-state index is -4.83. The molecule has 6 nitrogen and oxygen atoms in total. The number of methoxy groups -OCH3 is 1. The van der Waals surface area contributed by atoms with Crippen LogP contribution < -0.4 is 9.47 Å². The lowest BCUT2D eigenvalue weighted by atomic mass is 10.0. The molecule has 0 unspecified atom stereocenters. The van der Waals surface area contributed by atoms with E-state index in [1.165, 1.54) is 63.8 Å². The molecule has 3 rings (SSSR count). The highest BCUT2D eigenvalue weighted by Gasteiger charge is 2.42. The van der Waals surface area contributed by atoms with Crippen LogP contribution in [0.1, 0.15) is 105 Å². The number of rotatable bonds is 21. The van der Waals surface area contributed by atoms with Crippen LogP contribution >= 0.6 is 0 Å². The molecule has 49 heavy (non-hydrogen) atoms. The monoisotopic (exact) mass is 692 g/mol. The van der Waals surface area contributed by atoms with Gasteiger partial charge in [0, 0.05) is 19.8 Å². The number of esters is 2. The molecule has 0 spiro atoms. The number of halogens is 5. The van der Waals surface area contributed by atoms with Gasteiger partial charge in [0.25, 0.3) is 0 Å². The van der Waals surface area contributed by atoms with Crippen LogP contribution in [0.5, 0.6) is 11.5 Å². The average Bonchev–Trinajstić information content (AvgIpc) is 3.07. The van der Waals surface area contributed by atoms with Crippen LogP contribution in [0.15, 0.2) is 60.7 Å². The lowest BCUT2D eigenvalue weighted by molar-refractivity contribution is -0.206. The lowest BCUT2D eigenvalue weighted by Gasteiger charge is -2.21. The summed E-state index contributed by atoms with van der Waals surface area (Å²) in [5, 5.41) is 0. The molecule has 11 heteroatoms. The summed E-state index contributed by atoms with van der Waals surface area (Å²) in [6, 6.07) is 13.4. The number of carbonyl (C=O) groups excluding carboxylic acids is 2. The molecule has 0 fully saturated rings. The second kappa shape index (κ2) is 20.5. The maximum Gasteiger partial charge on any atom is 0.425 e. The zero-order chi connectivity index (χ0) is 35.6. The smallest absolute Gasteiger partial charge is 0.425 e. The fraction of sp³-hybridized carbons (Fsp3) is 0.474. The Labute approximate surface area is 284 Å². The maximum absolute atomic E-state index is 14.8. The van der Waals surface area contributed by atoms with Gasteiger partial charge in [0.2, 0.25) is 0 Å². The molecule has 3 aromatic carbocycles. The summed E-state index contributed by atoms with van der Waals surface area (Å²) in [5.41, 5.74) is 0.573. The Bertz CT molecular complexity index is 1460. The maximum atomic E-state index is 14.8. The van der Waals surface area contributed by atoms with Gasteiger partial charge in [0.05, 0.1) is 17.7 Å². The molecule has 0 aliphatic rings. The number of unbranched alkanes of at least 4 members (excludes halogenated alkanes) is 9. The third-order valence-corrected chi connectivity index (χ3v) is 7.94. The van der Waals surface area contributed by atoms with E-state index in [1.807, 2.05) is 0 Å². The number of ether oxygens (including phenoxy) is 4. The molecule has 0 amide bonds. The Hall–Kier alpha value is -3.99. The van der Waals surface area contributed by atoms with Crippen molar-refractivity contribution < 1.29 is 50.5 Å². The van der Waals surface area contributed by atoms with Crippen LogP contribution in [0.25, 0.3) is 11.1 Å². The zero-order valence-electron chi connectivity index (χ0n) is 28.1. The van der Waals surface area contributed by atoms with Crippen molar-refractivity contribution in [2.45, 2.75) is 96.3 Å². The summed E-state index contributed by atoms with van der Waals surface area (Å²) >= 11 is 0. The van der Waals surface area contributed by atoms with Gasteiger partial charge in [-0.2, -0.15) is 13.2 Å². The van der Waals surface area contributed by atoms with Crippen molar-refractivity contribution in [2.24, 2.45) is 0 Å². The Balaban J connectivity index is 1.50. The van der Waals surface area contributed by atoms with Crippen molar-refractivity contribution in [3.05, 3.63) is 83.4 Å². The normalized spacial score (nSPS) is 12.1. The summed E-state index contributed by atoms with van der Waals surface area (Å²) < 4.78 is 89.8. The summed E-state index contributed by atoms with van der Waals surface area (Å²) in [6.07, 6.45) is 3.30. The molecule has 0 aliphatic heterocycles. The highest BCUT2D eigenvalue weighted by Crippen LogP contribution is 2.29. The second-order valence-corrected chi connectivity index (χ2v) is 11.9. The van der Waals surface area contributed by atoms with E-state index >= 15 is 0 Å². The first-order valence-corrected chi connectivity index (χ1v) is 16.8. The van der Waals surface area contributed by atoms with E-state index < -0.39 is 47.8 Å². The van der Waals surface area contributed by atoms with Crippen LogP contribution in [0.3, 0.4) is 0 Å². The molecule has 0 N–H and O–H groups in total. The highest BCUT2D eigenvalue weighted by molar-refractivity contribution is 5.92. The lowest BCUT2D eigenvalue weighted by Crippen LogP contribution is -2.34. The minimum absolute atomic E-state index is 0.0846. The topological polar surface area (TPSA) is 71.1 Å². The number of hydrogen-bond acceptors (Lipinski definition) is 6. The predicted molar refractivity (Wildman–Crippen MR) is 177 cm³/mol. The van der Waals surface area contributed by atoms with E-state index in [2.05, 4.69) is 11.7 Å². The summed E-state index contributed by atoms with van der Waals surface area (Å²) in [6.45, 7) is 2.89. The number of benzene rings is 3. The highest BCUT2D eigenvalue weighted by atomic mass is 19.4. The van der Waals surface area contributed by atoms with Gasteiger partial charge < -0.3 is 18.9 Å². The Morgan fingerprint density at radius 1 is 0.694 bits per heavy atom. The van der Waals surface area contributed by atoms with Gasteiger partial charge in [-0.1, -0.05) is 76.5 Å². The molecule has 0 saturated heterocycles. The third-order valence-electron chi connectivity index (χ3n) is 7.94. The molecule has 0 aromatic heterocycles. The summed E-state index contributed by atoms with van der Waals surface area (Å²) in [4.78, 5) is 25.0. The van der Waals surface area contributed by atoms with E-state index in [9.17, 15) is 31.5 Å². The van der Waals surface area contributed by atoms with Gasteiger partial charge in [-0.15, -0.1) is 0 Å². The molecule has 0 radical (unpaired) electrons. The van der Waals surface area contributed by atoms with Gasteiger partial charge in [0.1, 0.15) is 11.6 Å². The van der Waals surface area contributed by atoms with Crippen LogP contribution in [-0.4, -0.2) is 44.5 Å². The van der Waals surface area contributed by atoms with Crippen molar-refractivity contribution >= 4 is 11.9 Å². The van der Waals surface area contributed by atoms with Crippen LogP contribution in [0.2, 0.25) is 0 Å². The summed E-state index contributed by atoms with van der Waals surface area (Å²) in [5.74, 6) is -4.14. The standard InChI is InChI=1S/C38H45F5O6/c1-3-4-5-6-7-8-9-10-12-24-47-34-22-19-29(25-33(34)40)27-15-17-28(18-16-27)36(44)48-30-20-21-31(32(39)26-30)37(45)49-35(38(41,42)43)14-11-13-23-46-2/h15-22,25-26,35H,3-14,23-24H2,1-2H3/t35-/m1/s1. The van der Waals surface area contributed by atoms with Crippen molar-refractivity contribution in [1.29, 1.82) is 0 Å². The Morgan fingerprint density at radius 2 is 1.33 bits per heavy atom. The molecule has 0 bridgehead atoms. The van der Waals surface area contributed by atoms with Crippen molar-refractivity contribution in [1.82, 2.24) is 0 Å². The van der Waals surface area contributed by atoms with Crippen molar-refractivity contribution in [3.63, 3.8) is 0 Å². The van der Waals surface area contributed by atoms with Gasteiger partial charge >= 0.3 is 18.1 Å². The Kier molecular flexibility index (Phi) is 16.5. The van der Waals surface area contributed by atoms with E-state index in [1.54, 1.807) is 24.3 Å². The third kappa shape index (κ3) is 13.4. The number of alkyl halides is 3. The molecule has 0 saturated carbocycles. The molecule has 1 atom stereocenters. The fourth-order valence-electron chi connectivity index (χ4n) is 5.14. The second-order valence-electron chi connectivity index (χ2n) is 11.9. The number of hydrogen-bond donors (Lipinski definition) is 0.